The van der Waals surface area contributed by atoms with Gasteiger partial charge < -0.3 is 15.6 Å². The second kappa shape index (κ2) is 7.50. The van der Waals surface area contributed by atoms with Crippen LogP contribution in [0.3, 0.4) is 0 Å². The van der Waals surface area contributed by atoms with Crippen molar-refractivity contribution in [2.75, 3.05) is 19.8 Å². The molecule has 4 N–H and O–H groups in total. The van der Waals surface area contributed by atoms with E-state index in [4.69, 9.17) is 15.6 Å². The number of aromatic carboxylic acids is 1. The lowest BCUT2D eigenvalue weighted by Crippen LogP contribution is -2.29. The van der Waals surface area contributed by atoms with Crippen molar-refractivity contribution in [1.29, 1.82) is 0 Å². The summed E-state index contributed by atoms with van der Waals surface area (Å²) in [6.07, 6.45) is 0. The highest BCUT2D eigenvalue weighted by Crippen LogP contribution is 2.23. The third-order valence-corrected chi connectivity index (χ3v) is 4.71. The van der Waals surface area contributed by atoms with Crippen LogP contribution >= 0.6 is 15.9 Å². The lowest BCUT2D eigenvalue weighted by atomic mass is 10.2. The van der Waals surface area contributed by atoms with E-state index in [1.165, 1.54) is 12.1 Å². The fraction of sp³-hybridized carbons (Fsp3) is 0.273. The van der Waals surface area contributed by atoms with E-state index in [1.807, 2.05) is 0 Å². The topological polar surface area (TPSA) is 136 Å². The van der Waals surface area contributed by atoms with Crippen LogP contribution in [0.2, 0.25) is 0 Å². The molecule has 0 radical (unpaired) electrons. The molecule has 21 heavy (non-hydrogen) atoms. The van der Waals surface area contributed by atoms with Crippen LogP contribution in [0.1, 0.15) is 10.4 Å². The molecule has 0 aliphatic heterocycles. The fourth-order valence-corrected chi connectivity index (χ4v) is 3.34. The Bertz CT molecular complexity index is 646. The van der Waals surface area contributed by atoms with Crippen molar-refractivity contribution in [3.63, 3.8) is 0 Å². The van der Waals surface area contributed by atoms with E-state index < -0.39 is 21.9 Å². The van der Waals surface area contributed by atoms with E-state index in [0.717, 1.165) is 6.07 Å². The molecule has 10 heteroatoms. The maximum Gasteiger partial charge on any atom is 0.335 e. The number of carbonyl (C=O) groups excluding carboxylic acids is 1. The molecule has 0 atom stereocenters. The minimum absolute atomic E-state index is 0.0432. The standard InChI is InChI=1S/C11H13BrN2O6S/c12-8-2-1-7(11(16)17)5-9(8)21(18,19)14-3-4-20-6-10(13)15/h1-2,5,14H,3-4,6H2,(H2,13,15)(H,16,17). The van der Waals surface area contributed by atoms with E-state index in [0.29, 0.717) is 0 Å². The lowest BCUT2D eigenvalue weighted by molar-refractivity contribution is -0.122. The molecule has 0 fully saturated rings. The number of rotatable bonds is 8. The Labute approximate surface area is 129 Å². The van der Waals surface area contributed by atoms with Gasteiger partial charge in [0.2, 0.25) is 15.9 Å². The maximum absolute atomic E-state index is 12.0. The molecule has 116 valence electrons. The lowest BCUT2D eigenvalue weighted by Gasteiger charge is -2.09. The number of ether oxygens (including phenoxy) is 1. The van der Waals surface area contributed by atoms with Crippen molar-refractivity contribution in [3.05, 3.63) is 28.2 Å². The van der Waals surface area contributed by atoms with Gasteiger partial charge in [-0.3, -0.25) is 4.79 Å². The van der Waals surface area contributed by atoms with Crippen LogP contribution in [0.25, 0.3) is 0 Å². The maximum atomic E-state index is 12.0. The van der Waals surface area contributed by atoms with Gasteiger partial charge in [0.05, 0.1) is 17.1 Å². The number of nitrogens with two attached hydrogens (primary N) is 1. The van der Waals surface area contributed by atoms with Crippen LogP contribution in [-0.4, -0.2) is 45.2 Å². The van der Waals surface area contributed by atoms with Gasteiger partial charge in [-0.15, -0.1) is 0 Å². The average Bonchev–Trinajstić information content (AvgIpc) is 2.37. The predicted molar refractivity (Wildman–Crippen MR) is 76.3 cm³/mol. The molecule has 1 amide bonds. The molecule has 0 saturated heterocycles. The molecule has 8 nitrogen and oxygen atoms in total. The smallest absolute Gasteiger partial charge is 0.335 e. The quantitative estimate of drug-likeness (QED) is 0.540. The average molecular weight is 381 g/mol. The molecule has 0 saturated carbocycles. The van der Waals surface area contributed by atoms with Gasteiger partial charge in [-0.2, -0.15) is 0 Å². The highest BCUT2D eigenvalue weighted by atomic mass is 79.9. The van der Waals surface area contributed by atoms with Crippen LogP contribution in [0.15, 0.2) is 27.6 Å². The number of carboxylic acids is 1. The third kappa shape index (κ3) is 5.42. The molecule has 1 aromatic carbocycles. The monoisotopic (exact) mass is 380 g/mol. The number of halogens is 1. The Balaban J connectivity index is 2.76. The summed E-state index contributed by atoms with van der Waals surface area (Å²) in [5, 5.41) is 8.87. The van der Waals surface area contributed by atoms with Crippen molar-refractivity contribution in [2.45, 2.75) is 4.90 Å². The molecule has 0 spiro atoms. The molecule has 0 aliphatic rings. The summed E-state index contributed by atoms with van der Waals surface area (Å²) in [5.41, 5.74) is 4.70. The van der Waals surface area contributed by atoms with Gasteiger partial charge in [-0.1, -0.05) is 0 Å². The van der Waals surface area contributed by atoms with E-state index in [9.17, 15) is 18.0 Å². The predicted octanol–water partition coefficient (Wildman–Crippen LogP) is -0.0725. The first-order valence-electron chi connectivity index (χ1n) is 5.62. The Morgan fingerprint density at radius 1 is 1.38 bits per heavy atom. The molecular weight excluding hydrogens is 368 g/mol. The van der Waals surface area contributed by atoms with Gasteiger partial charge in [0.25, 0.3) is 0 Å². The first kappa shape index (κ1) is 17.6. The van der Waals surface area contributed by atoms with Gasteiger partial charge in [0.1, 0.15) is 6.61 Å². The zero-order chi connectivity index (χ0) is 16.0. The van der Waals surface area contributed by atoms with Crippen molar-refractivity contribution < 1.29 is 27.9 Å². The number of hydrogen-bond donors (Lipinski definition) is 3. The second-order valence-corrected chi connectivity index (χ2v) is 6.46. The number of primary amides is 1. The molecule has 0 unspecified atom stereocenters. The largest absolute Gasteiger partial charge is 0.478 e. The first-order chi connectivity index (χ1) is 9.74. The first-order valence-corrected chi connectivity index (χ1v) is 7.90. The van der Waals surface area contributed by atoms with Crippen LogP contribution in [0.5, 0.6) is 0 Å². The molecule has 0 heterocycles. The summed E-state index contributed by atoms with van der Waals surface area (Å²) in [5.74, 6) is -1.89. The summed E-state index contributed by atoms with van der Waals surface area (Å²) in [7, 11) is -3.90. The van der Waals surface area contributed by atoms with Crippen molar-refractivity contribution >= 4 is 37.8 Å². The third-order valence-electron chi connectivity index (χ3n) is 2.25. The SMILES string of the molecule is NC(=O)COCCNS(=O)(=O)c1cc(C(=O)O)ccc1Br. The summed E-state index contributed by atoms with van der Waals surface area (Å²) in [4.78, 5) is 21.1. The highest BCUT2D eigenvalue weighted by Gasteiger charge is 2.19. The van der Waals surface area contributed by atoms with E-state index in [2.05, 4.69) is 20.7 Å². The number of sulfonamides is 1. The van der Waals surface area contributed by atoms with Crippen LogP contribution in [-0.2, 0) is 19.6 Å². The van der Waals surface area contributed by atoms with Crippen molar-refractivity contribution in [1.82, 2.24) is 4.72 Å². The van der Waals surface area contributed by atoms with E-state index in [1.54, 1.807) is 0 Å². The number of amides is 1. The number of carboxylic acid groups (broad SMARTS) is 1. The van der Waals surface area contributed by atoms with Gasteiger partial charge in [0.15, 0.2) is 0 Å². The molecule has 0 bridgehead atoms. The van der Waals surface area contributed by atoms with Crippen LogP contribution in [0.4, 0.5) is 0 Å². The molecule has 0 aliphatic carbocycles. The molecule has 0 aromatic heterocycles. The second-order valence-electron chi connectivity index (χ2n) is 3.87. The van der Waals surface area contributed by atoms with E-state index >= 15 is 0 Å². The van der Waals surface area contributed by atoms with Gasteiger partial charge in [-0.05, 0) is 34.1 Å². The van der Waals surface area contributed by atoms with Gasteiger partial charge in [0, 0.05) is 11.0 Å². The van der Waals surface area contributed by atoms with Crippen LogP contribution in [0, 0.1) is 0 Å². The van der Waals surface area contributed by atoms with Crippen LogP contribution < -0.4 is 10.5 Å². The highest BCUT2D eigenvalue weighted by molar-refractivity contribution is 9.10. The number of benzene rings is 1. The molecule has 1 aromatic rings. The Morgan fingerprint density at radius 2 is 2.05 bits per heavy atom. The minimum Gasteiger partial charge on any atom is -0.478 e. The Hall–Kier alpha value is -1.49. The molecule has 1 rings (SSSR count). The zero-order valence-electron chi connectivity index (χ0n) is 10.7. The fourth-order valence-electron chi connectivity index (χ4n) is 1.34. The zero-order valence-corrected chi connectivity index (χ0v) is 13.1. The Kier molecular flexibility index (Phi) is 6.27. The summed E-state index contributed by atoms with van der Waals surface area (Å²) >= 11 is 3.05. The summed E-state index contributed by atoms with van der Waals surface area (Å²) in [6.45, 7) is -0.433. The minimum atomic E-state index is -3.90. The van der Waals surface area contributed by atoms with Gasteiger partial charge >= 0.3 is 5.97 Å². The normalized spacial score (nSPS) is 11.3. The number of carbonyl (C=O) groups is 2. The number of nitrogens with one attached hydrogen (secondary N) is 1. The van der Waals surface area contributed by atoms with Crippen molar-refractivity contribution in [2.24, 2.45) is 5.73 Å². The summed E-state index contributed by atoms with van der Waals surface area (Å²) in [6, 6.07) is 3.65. The van der Waals surface area contributed by atoms with E-state index in [-0.39, 0.29) is 34.7 Å². The van der Waals surface area contributed by atoms with Gasteiger partial charge in [-0.25, -0.2) is 17.9 Å². The van der Waals surface area contributed by atoms with Crippen molar-refractivity contribution in [3.8, 4) is 0 Å². The summed E-state index contributed by atoms with van der Waals surface area (Å²) < 4.78 is 31.4. The molecular formula is C11H13BrN2O6S. The number of hydrogen-bond acceptors (Lipinski definition) is 5. The Morgan fingerprint density at radius 3 is 2.62 bits per heavy atom.